The van der Waals surface area contributed by atoms with Gasteiger partial charge < -0.3 is 24.5 Å². The van der Waals surface area contributed by atoms with Gasteiger partial charge in [0, 0.05) is 41.1 Å². The number of rotatable bonds is 5. The zero-order chi connectivity index (χ0) is 23.8. The fourth-order valence-electron chi connectivity index (χ4n) is 5.77. The largest absolute Gasteiger partial charge is 0.377 e. The molecule has 1 atom stereocenters. The minimum absolute atomic E-state index is 0.0343. The molecule has 0 radical (unpaired) electrons. The predicted octanol–water partition coefficient (Wildman–Crippen LogP) is 4.90. The third-order valence-electron chi connectivity index (χ3n) is 7.73. The molecule has 0 spiro atoms. The molecule has 1 amide bonds. The van der Waals surface area contributed by atoms with E-state index >= 15 is 0 Å². The fourth-order valence-corrected chi connectivity index (χ4v) is 5.77. The minimum atomic E-state index is -0.298. The average molecular weight is 475 g/mol. The first-order chi connectivity index (χ1) is 17.2. The Morgan fingerprint density at radius 1 is 1.06 bits per heavy atom. The number of aromatic amines is 2. The lowest BCUT2D eigenvalue weighted by Crippen LogP contribution is -2.50. The first kappa shape index (κ1) is 22.3. The van der Waals surface area contributed by atoms with Crippen molar-refractivity contribution in [2.45, 2.75) is 31.2 Å². The van der Waals surface area contributed by atoms with Gasteiger partial charge in [-0.05, 0) is 74.2 Å². The van der Waals surface area contributed by atoms with Gasteiger partial charge in [-0.3, -0.25) is 4.79 Å². The number of hydrogen-bond donors (Lipinski definition) is 2. The van der Waals surface area contributed by atoms with Gasteiger partial charge in [-0.15, -0.1) is 0 Å². The number of H-pyrrole nitrogens is 2. The van der Waals surface area contributed by atoms with E-state index in [1.807, 2.05) is 4.90 Å². The van der Waals surface area contributed by atoms with Gasteiger partial charge in [0.2, 0.25) is 0 Å². The SMILES string of the molecule is O=C(c1cc2cc(F)ccc2[nH]1)N1CCOCC1CCN1CCC(c2c[nH]c3ccccc23)CC1. The molecule has 2 fully saturated rings. The molecule has 2 aliphatic heterocycles. The summed E-state index contributed by atoms with van der Waals surface area (Å²) in [6.45, 7) is 4.78. The highest BCUT2D eigenvalue weighted by Gasteiger charge is 2.30. The van der Waals surface area contributed by atoms with Crippen molar-refractivity contribution in [3.05, 3.63) is 71.8 Å². The Bertz CT molecular complexity index is 1340. The van der Waals surface area contributed by atoms with Gasteiger partial charge in [0.25, 0.3) is 5.91 Å². The second kappa shape index (κ2) is 9.47. The quantitative estimate of drug-likeness (QED) is 0.433. The number of para-hydroxylation sites is 1. The number of benzene rings is 2. The lowest BCUT2D eigenvalue weighted by molar-refractivity contribution is -0.00749. The van der Waals surface area contributed by atoms with E-state index < -0.39 is 0 Å². The molecule has 4 aromatic rings. The Morgan fingerprint density at radius 2 is 1.91 bits per heavy atom. The maximum atomic E-state index is 13.6. The Kier molecular flexibility index (Phi) is 6.04. The molecule has 0 saturated carbocycles. The van der Waals surface area contributed by atoms with E-state index in [4.69, 9.17) is 4.74 Å². The van der Waals surface area contributed by atoms with Crippen LogP contribution in [-0.4, -0.2) is 71.1 Å². The van der Waals surface area contributed by atoms with Crippen LogP contribution < -0.4 is 0 Å². The van der Waals surface area contributed by atoms with Crippen molar-refractivity contribution in [2.24, 2.45) is 0 Å². The van der Waals surface area contributed by atoms with Crippen LogP contribution in [0, 0.1) is 5.82 Å². The van der Waals surface area contributed by atoms with Crippen LogP contribution >= 0.6 is 0 Å². The molecule has 35 heavy (non-hydrogen) atoms. The Balaban J connectivity index is 1.07. The summed E-state index contributed by atoms with van der Waals surface area (Å²) >= 11 is 0. The maximum absolute atomic E-state index is 13.6. The summed E-state index contributed by atoms with van der Waals surface area (Å²) in [5.74, 6) is 0.256. The first-order valence-corrected chi connectivity index (χ1v) is 12.6. The number of fused-ring (bicyclic) bond motifs is 2. The van der Waals surface area contributed by atoms with E-state index in [0.717, 1.165) is 49.8 Å². The zero-order valence-corrected chi connectivity index (χ0v) is 19.8. The second-order valence-electron chi connectivity index (χ2n) is 9.84. The third kappa shape index (κ3) is 4.46. The maximum Gasteiger partial charge on any atom is 0.270 e. The summed E-state index contributed by atoms with van der Waals surface area (Å²) in [5.41, 5.74) is 3.94. The van der Waals surface area contributed by atoms with Crippen molar-refractivity contribution in [3.8, 4) is 0 Å². The highest BCUT2D eigenvalue weighted by atomic mass is 19.1. The number of piperidine rings is 1. The van der Waals surface area contributed by atoms with Crippen LogP contribution in [0.15, 0.2) is 54.7 Å². The number of ether oxygens (including phenoxy) is 1. The van der Waals surface area contributed by atoms with E-state index in [2.05, 4.69) is 45.3 Å². The molecule has 6 rings (SSSR count). The molecule has 2 aliphatic rings. The number of nitrogens with one attached hydrogen (secondary N) is 2. The number of carbonyl (C=O) groups is 1. The van der Waals surface area contributed by atoms with Crippen LogP contribution in [-0.2, 0) is 4.74 Å². The zero-order valence-electron chi connectivity index (χ0n) is 19.8. The van der Waals surface area contributed by atoms with Crippen LogP contribution in [0.3, 0.4) is 0 Å². The topological polar surface area (TPSA) is 64.4 Å². The number of amides is 1. The number of morpholine rings is 1. The van der Waals surface area contributed by atoms with Crippen molar-refractivity contribution in [3.63, 3.8) is 0 Å². The van der Waals surface area contributed by atoms with Gasteiger partial charge in [0.1, 0.15) is 11.5 Å². The highest BCUT2D eigenvalue weighted by Crippen LogP contribution is 2.33. The fraction of sp³-hybridized carbons (Fsp3) is 0.393. The smallest absolute Gasteiger partial charge is 0.270 e. The molecule has 2 N–H and O–H groups in total. The summed E-state index contributed by atoms with van der Waals surface area (Å²) in [6.07, 6.45) is 5.37. The highest BCUT2D eigenvalue weighted by molar-refractivity contribution is 5.98. The number of hydrogen-bond acceptors (Lipinski definition) is 3. The molecule has 7 heteroatoms. The molecule has 2 aromatic carbocycles. The van der Waals surface area contributed by atoms with Gasteiger partial charge in [-0.1, -0.05) is 18.2 Å². The van der Waals surface area contributed by atoms with Gasteiger partial charge in [0.05, 0.1) is 19.3 Å². The number of carbonyl (C=O) groups excluding carboxylic acids is 1. The van der Waals surface area contributed by atoms with Crippen molar-refractivity contribution in [1.82, 2.24) is 19.8 Å². The van der Waals surface area contributed by atoms with Crippen LogP contribution in [0.2, 0.25) is 0 Å². The standard InChI is InChI=1S/C28H31FN4O2/c29-21-5-6-25-20(15-21)16-27(31-25)28(34)33-13-14-35-18-22(33)9-12-32-10-7-19(8-11-32)24-17-30-26-4-2-1-3-23(24)26/h1-6,15-17,19,22,30-31H,7-14,18H2. The van der Waals surface area contributed by atoms with Crippen LogP contribution in [0.5, 0.6) is 0 Å². The normalized spacial score (nSPS) is 20.1. The van der Waals surface area contributed by atoms with E-state index in [0.29, 0.717) is 31.4 Å². The average Bonchev–Trinajstić information content (AvgIpc) is 3.52. The summed E-state index contributed by atoms with van der Waals surface area (Å²) in [6, 6.07) is 14.9. The predicted molar refractivity (Wildman–Crippen MR) is 135 cm³/mol. The Hall–Kier alpha value is -3.16. The molecule has 0 aliphatic carbocycles. The molecule has 6 nitrogen and oxygen atoms in total. The minimum Gasteiger partial charge on any atom is -0.377 e. The van der Waals surface area contributed by atoms with E-state index in [1.165, 1.54) is 28.6 Å². The Morgan fingerprint density at radius 3 is 2.80 bits per heavy atom. The summed E-state index contributed by atoms with van der Waals surface area (Å²) in [5, 5.41) is 2.07. The van der Waals surface area contributed by atoms with Crippen LogP contribution in [0.1, 0.15) is 41.2 Å². The van der Waals surface area contributed by atoms with Crippen LogP contribution in [0.25, 0.3) is 21.8 Å². The van der Waals surface area contributed by atoms with Gasteiger partial charge >= 0.3 is 0 Å². The summed E-state index contributed by atoms with van der Waals surface area (Å²) < 4.78 is 19.3. The lowest BCUT2D eigenvalue weighted by atomic mass is 9.89. The van der Waals surface area contributed by atoms with E-state index in [-0.39, 0.29) is 17.8 Å². The Labute approximate surface area is 204 Å². The van der Waals surface area contributed by atoms with E-state index in [9.17, 15) is 9.18 Å². The molecule has 0 bridgehead atoms. The van der Waals surface area contributed by atoms with Crippen LogP contribution in [0.4, 0.5) is 4.39 Å². The lowest BCUT2D eigenvalue weighted by Gasteiger charge is -2.38. The van der Waals surface area contributed by atoms with Crippen molar-refractivity contribution < 1.29 is 13.9 Å². The molecule has 2 aromatic heterocycles. The van der Waals surface area contributed by atoms with E-state index in [1.54, 1.807) is 12.1 Å². The van der Waals surface area contributed by atoms with Crippen molar-refractivity contribution in [2.75, 3.05) is 39.4 Å². The molecule has 1 unspecified atom stereocenters. The second-order valence-corrected chi connectivity index (χ2v) is 9.84. The van der Waals surface area contributed by atoms with Crippen molar-refractivity contribution >= 4 is 27.7 Å². The van der Waals surface area contributed by atoms with Gasteiger partial charge in [-0.2, -0.15) is 0 Å². The number of likely N-dealkylation sites (tertiary alicyclic amines) is 1. The molecule has 182 valence electrons. The summed E-state index contributed by atoms with van der Waals surface area (Å²) in [7, 11) is 0. The number of halogens is 1. The van der Waals surface area contributed by atoms with Crippen molar-refractivity contribution in [1.29, 1.82) is 0 Å². The monoisotopic (exact) mass is 474 g/mol. The molecule has 4 heterocycles. The molecular formula is C28H31FN4O2. The van der Waals surface area contributed by atoms with Gasteiger partial charge in [0.15, 0.2) is 0 Å². The van der Waals surface area contributed by atoms with Gasteiger partial charge in [-0.25, -0.2) is 4.39 Å². The molecular weight excluding hydrogens is 443 g/mol. The third-order valence-corrected chi connectivity index (χ3v) is 7.73. The molecule has 2 saturated heterocycles. The number of nitrogens with zero attached hydrogens (tertiary/aromatic N) is 2. The first-order valence-electron chi connectivity index (χ1n) is 12.6. The number of aromatic nitrogens is 2. The summed E-state index contributed by atoms with van der Waals surface area (Å²) in [4.78, 5) is 24.4.